The van der Waals surface area contributed by atoms with E-state index >= 15 is 0 Å². The summed E-state index contributed by atoms with van der Waals surface area (Å²) in [6, 6.07) is -0.0364. The molecule has 0 bridgehead atoms. The minimum Gasteiger partial charge on any atom is -0.453 e. The fourth-order valence-corrected chi connectivity index (χ4v) is 2.92. The molecule has 0 aromatic rings. The molecule has 5 heteroatoms. The Kier molecular flexibility index (Phi) is 4.44. The van der Waals surface area contributed by atoms with E-state index in [1.165, 1.54) is 31.3 Å². The third-order valence-corrected chi connectivity index (χ3v) is 3.92. The van der Waals surface area contributed by atoms with Gasteiger partial charge in [-0.15, -0.1) is 0 Å². The number of methoxy groups -OCH3 is 1. The van der Waals surface area contributed by atoms with Crippen molar-refractivity contribution < 1.29 is 14.3 Å². The molecule has 0 radical (unpaired) electrons. The van der Waals surface area contributed by atoms with Crippen LogP contribution in [0.4, 0.5) is 4.79 Å². The average molecular weight is 254 g/mol. The molecule has 1 saturated carbocycles. The number of amides is 2. The van der Waals surface area contributed by atoms with Crippen molar-refractivity contribution >= 4 is 12.0 Å². The number of rotatable bonds is 2. The van der Waals surface area contributed by atoms with Crippen LogP contribution in [-0.4, -0.2) is 42.6 Å². The lowest BCUT2D eigenvalue weighted by atomic mass is 9.95. The molecule has 0 spiro atoms. The van der Waals surface area contributed by atoms with E-state index in [9.17, 15) is 9.59 Å². The van der Waals surface area contributed by atoms with Gasteiger partial charge < -0.3 is 10.1 Å². The van der Waals surface area contributed by atoms with E-state index in [0.717, 1.165) is 25.7 Å². The van der Waals surface area contributed by atoms with Gasteiger partial charge in [-0.25, -0.2) is 4.79 Å². The first kappa shape index (κ1) is 13.2. The van der Waals surface area contributed by atoms with E-state index < -0.39 is 6.09 Å². The van der Waals surface area contributed by atoms with Crippen LogP contribution in [0.1, 0.15) is 44.9 Å². The molecular formula is C13H22N2O3. The third kappa shape index (κ3) is 2.94. The smallest absolute Gasteiger partial charge is 0.410 e. The van der Waals surface area contributed by atoms with Gasteiger partial charge in [0.05, 0.1) is 7.11 Å². The van der Waals surface area contributed by atoms with Crippen molar-refractivity contribution in [3.63, 3.8) is 0 Å². The molecule has 1 saturated heterocycles. The van der Waals surface area contributed by atoms with Crippen LogP contribution in [0.3, 0.4) is 0 Å². The maximum absolute atomic E-state index is 12.2. The Morgan fingerprint density at radius 3 is 2.50 bits per heavy atom. The van der Waals surface area contributed by atoms with Gasteiger partial charge in [-0.2, -0.15) is 0 Å². The second-order valence-electron chi connectivity index (χ2n) is 5.16. The summed E-state index contributed by atoms with van der Waals surface area (Å²) in [5.74, 6) is -0.00944. The number of hydrogen-bond donors (Lipinski definition) is 1. The molecule has 0 aromatic carbocycles. The minimum atomic E-state index is -0.392. The van der Waals surface area contributed by atoms with Crippen molar-refractivity contribution in [3.05, 3.63) is 0 Å². The van der Waals surface area contributed by atoms with Crippen molar-refractivity contribution in [2.45, 2.75) is 57.0 Å². The minimum absolute atomic E-state index is 0.00944. The van der Waals surface area contributed by atoms with E-state index in [1.807, 2.05) is 0 Å². The largest absolute Gasteiger partial charge is 0.453 e. The van der Waals surface area contributed by atoms with Crippen molar-refractivity contribution in [3.8, 4) is 0 Å². The Morgan fingerprint density at radius 2 is 1.83 bits per heavy atom. The molecular weight excluding hydrogens is 232 g/mol. The monoisotopic (exact) mass is 254 g/mol. The van der Waals surface area contributed by atoms with Gasteiger partial charge in [0.25, 0.3) is 0 Å². The molecule has 2 rings (SSSR count). The van der Waals surface area contributed by atoms with Crippen LogP contribution in [0.15, 0.2) is 0 Å². The first-order chi connectivity index (χ1) is 8.72. The lowest BCUT2D eigenvalue weighted by Gasteiger charge is -2.27. The first-order valence-corrected chi connectivity index (χ1v) is 6.87. The van der Waals surface area contributed by atoms with E-state index in [0.29, 0.717) is 12.6 Å². The molecule has 0 aromatic heterocycles. The molecule has 5 nitrogen and oxygen atoms in total. The highest BCUT2D eigenvalue weighted by Crippen LogP contribution is 2.21. The predicted molar refractivity (Wildman–Crippen MR) is 67.1 cm³/mol. The van der Waals surface area contributed by atoms with Gasteiger partial charge in [-0.1, -0.05) is 19.3 Å². The van der Waals surface area contributed by atoms with Crippen molar-refractivity contribution in [2.24, 2.45) is 0 Å². The number of nitrogens with one attached hydrogen (secondary N) is 1. The number of ether oxygens (including phenoxy) is 1. The highest BCUT2D eigenvalue weighted by Gasteiger charge is 2.35. The molecule has 18 heavy (non-hydrogen) atoms. The Balaban J connectivity index is 1.89. The highest BCUT2D eigenvalue weighted by atomic mass is 16.5. The molecule has 2 amide bonds. The van der Waals surface area contributed by atoms with Gasteiger partial charge in [0.2, 0.25) is 5.91 Å². The Bertz CT molecular complexity index is 313. The van der Waals surface area contributed by atoms with Gasteiger partial charge in [0, 0.05) is 12.6 Å². The second-order valence-corrected chi connectivity index (χ2v) is 5.16. The molecule has 102 valence electrons. The topological polar surface area (TPSA) is 58.6 Å². The average Bonchev–Trinajstić information content (AvgIpc) is 2.88. The first-order valence-electron chi connectivity index (χ1n) is 6.87. The molecule has 1 aliphatic heterocycles. The quantitative estimate of drug-likeness (QED) is 0.815. The lowest BCUT2D eigenvalue weighted by Crippen LogP contribution is -2.49. The van der Waals surface area contributed by atoms with Crippen LogP contribution in [0.5, 0.6) is 0 Å². The highest BCUT2D eigenvalue weighted by molar-refractivity contribution is 5.86. The molecule has 1 atom stereocenters. The zero-order valence-corrected chi connectivity index (χ0v) is 11.0. The number of carbonyl (C=O) groups excluding carboxylic acids is 2. The lowest BCUT2D eigenvalue weighted by molar-refractivity contribution is -0.126. The molecule has 1 unspecified atom stereocenters. The normalized spacial score (nSPS) is 24.9. The summed E-state index contributed by atoms with van der Waals surface area (Å²) in [6.07, 6.45) is 7.01. The van der Waals surface area contributed by atoms with Crippen LogP contribution in [0, 0.1) is 0 Å². The van der Waals surface area contributed by atoms with Crippen molar-refractivity contribution in [1.82, 2.24) is 10.2 Å². The summed E-state index contributed by atoms with van der Waals surface area (Å²) in [7, 11) is 1.36. The maximum atomic E-state index is 12.2. The van der Waals surface area contributed by atoms with Crippen molar-refractivity contribution in [2.75, 3.05) is 13.7 Å². The van der Waals surface area contributed by atoms with Gasteiger partial charge in [0.15, 0.2) is 0 Å². The van der Waals surface area contributed by atoms with Crippen LogP contribution >= 0.6 is 0 Å². The standard InChI is InChI=1S/C13H22N2O3/c1-18-13(17)15-9-5-8-11(15)12(16)14-10-6-3-2-4-7-10/h10-11H,2-9H2,1H3,(H,14,16). The fraction of sp³-hybridized carbons (Fsp3) is 0.846. The maximum Gasteiger partial charge on any atom is 0.410 e. The van der Waals surface area contributed by atoms with E-state index in [-0.39, 0.29) is 11.9 Å². The second kappa shape index (κ2) is 6.07. The summed E-state index contributed by atoms with van der Waals surface area (Å²) < 4.78 is 4.71. The van der Waals surface area contributed by atoms with Crippen LogP contribution in [0.25, 0.3) is 0 Å². The van der Waals surface area contributed by atoms with Gasteiger partial charge in [-0.05, 0) is 25.7 Å². The van der Waals surface area contributed by atoms with Crippen LogP contribution in [-0.2, 0) is 9.53 Å². The number of nitrogens with zero attached hydrogens (tertiary/aromatic N) is 1. The summed E-state index contributed by atoms with van der Waals surface area (Å²) in [5.41, 5.74) is 0. The summed E-state index contributed by atoms with van der Waals surface area (Å²) in [4.78, 5) is 25.3. The zero-order chi connectivity index (χ0) is 13.0. The molecule has 1 heterocycles. The third-order valence-electron chi connectivity index (χ3n) is 3.92. The summed E-state index contributed by atoms with van der Waals surface area (Å²) in [6.45, 7) is 0.620. The zero-order valence-electron chi connectivity index (χ0n) is 11.0. The summed E-state index contributed by atoms with van der Waals surface area (Å²) >= 11 is 0. The molecule has 1 N–H and O–H groups in total. The number of carbonyl (C=O) groups is 2. The number of hydrogen-bond acceptors (Lipinski definition) is 3. The Morgan fingerprint density at radius 1 is 1.11 bits per heavy atom. The molecule has 1 aliphatic carbocycles. The predicted octanol–water partition coefficient (Wildman–Crippen LogP) is 1.67. The van der Waals surface area contributed by atoms with Crippen LogP contribution in [0.2, 0.25) is 0 Å². The van der Waals surface area contributed by atoms with Gasteiger partial charge >= 0.3 is 6.09 Å². The Hall–Kier alpha value is -1.26. The SMILES string of the molecule is COC(=O)N1CCCC1C(=O)NC1CCCCC1. The van der Waals surface area contributed by atoms with Gasteiger partial charge in [-0.3, -0.25) is 9.69 Å². The molecule has 2 fully saturated rings. The fourth-order valence-electron chi connectivity index (χ4n) is 2.92. The van der Waals surface area contributed by atoms with Crippen molar-refractivity contribution in [1.29, 1.82) is 0 Å². The Labute approximate surface area is 108 Å². The van der Waals surface area contributed by atoms with E-state index in [2.05, 4.69) is 5.32 Å². The van der Waals surface area contributed by atoms with E-state index in [4.69, 9.17) is 4.74 Å². The van der Waals surface area contributed by atoms with E-state index in [1.54, 1.807) is 0 Å². The number of likely N-dealkylation sites (tertiary alicyclic amines) is 1. The molecule has 2 aliphatic rings. The summed E-state index contributed by atoms with van der Waals surface area (Å²) in [5, 5.41) is 3.08. The van der Waals surface area contributed by atoms with Gasteiger partial charge in [0.1, 0.15) is 6.04 Å². The van der Waals surface area contributed by atoms with Crippen LogP contribution < -0.4 is 5.32 Å².